The molecule has 2 bridgehead atoms. The Balaban J connectivity index is 2.24. The van der Waals surface area contributed by atoms with E-state index in [4.69, 9.17) is 4.74 Å². The molecule has 27 heavy (non-hydrogen) atoms. The summed E-state index contributed by atoms with van der Waals surface area (Å²) in [7, 11) is 0. The molecular weight excluding hydrogens is 340 g/mol. The molecule has 0 unspecified atom stereocenters. The SMILES string of the molecule is C=C1C[C@@]23CC[C@@H](C)[C@@](C)([C@H](O)C[C@@](C)(CC)[C@@H](OC(C)=O)[C@@H]2C)[C@@H]3C1=O. The minimum atomic E-state index is -0.609. The number of ketones is 1. The lowest BCUT2D eigenvalue weighted by Gasteiger charge is -2.61. The number of aliphatic hydroxyl groups is 1. The highest BCUT2D eigenvalue weighted by molar-refractivity contribution is 6.00. The number of allylic oxidation sites excluding steroid dienone is 1. The van der Waals surface area contributed by atoms with Gasteiger partial charge in [-0.2, -0.15) is 0 Å². The molecule has 0 amide bonds. The summed E-state index contributed by atoms with van der Waals surface area (Å²) >= 11 is 0. The molecule has 0 radical (unpaired) electrons. The molecule has 0 spiro atoms. The lowest BCUT2D eigenvalue weighted by atomic mass is 9.43. The van der Waals surface area contributed by atoms with Gasteiger partial charge in [0.25, 0.3) is 0 Å². The first-order chi connectivity index (χ1) is 12.4. The quantitative estimate of drug-likeness (QED) is 0.576. The van der Waals surface area contributed by atoms with Crippen LogP contribution in [0, 0.1) is 34.0 Å². The first kappa shape index (κ1) is 20.6. The molecule has 4 nitrogen and oxygen atoms in total. The van der Waals surface area contributed by atoms with Crippen LogP contribution in [0.15, 0.2) is 12.2 Å². The molecule has 8 atom stereocenters. The van der Waals surface area contributed by atoms with Crippen LogP contribution in [0.4, 0.5) is 0 Å². The fourth-order valence-electron chi connectivity index (χ4n) is 6.89. The van der Waals surface area contributed by atoms with Crippen molar-refractivity contribution < 1.29 is 19.4 Å². The molecule has 3 rings (SSSR count). The van der Waals surface area contributed by atoms with Gasteiger partial charge in [0.05, 0.1) is 6.10 Å². The monoisotopic (exact) mass is 376 g/mol. The Hall–Kier alpha value is -1.16. The predicted octanol–water partition coefficient (Wildman–Crippen LogP) is 4.30. The van der Waals surface area contributed by atoms with Gasteiger partial charge in [-0.3, -0.25) is 9.59 Å². The van der Waals surface area contributed by atoms with E-state index in [1.807, 2.05) is 0 Å². The number of carbonyl (C=O) groups is 2. The van der Waals surface area contributed by atoms with Crippen LogP contribution in [0.25, 0.3) is 0 Å². The van der Waals surface area contributed by atoms with Crippen LogP contribution in [-0.2, 0) is 14.3 Å². The highest BCUT2D eigenvalue weighted by Crippen LogP contribution is 2.68. The highest BCUT2D eigenvalue weighted by atomic mass is 16.5. The summed E-state index contributed by atoms with van der Waals surface area (Å²) in [5.74, 6) is -0.107. The Labute approximate surface area is 163 Å². The largest absolute Gasteiger partial charge is 0.462 e. The van der Waals surface area contributed by atoms with E-state index in [0.717, 1.165) is 19.3 Å². The van der Waals surface area contributed by atoms with Gasteiger partial charge < -0.3 is 9.84 Å². The number of hydrogen-bond donors (Lipinski definition) is 1. The summed E-state index contributed by atoms with van der Waals surface area (Å²) in [5.41, 5.74) is -0.400. The zero-order chi connectivity index (χ0) is 20.4. The van der Waals surface area contributed by atoms with Gasteiger partial charge in [0.2, 0.25) is 0 Å². The van der Waals surface area contributed by atoms with Crippen LogP contribution in [0.2, 0.25) is 0 Å². The molecule has 3 fully saturated rings. The summed E-state index contributed by atoms with van der Waals surface area (Å²) in [6.07, 6.45) is 2.99. The standard InChI is InChI=1S/C23H36O4/c1-8-21(6)12-17(25)22(7)14(3)9-10-23(11-13(2)18(26)19(22)23)15(4)20(21)27-16(5)24/h14-15,17,19-20,25H,2,8-12H2,1,3-7H3/t14-,15+,17-,19+,20+,21-,22+,23+/m1/s1. The van der Waals surface area contributed by atoms with Crippen molar-refractivity contribution in [3.05, 3.63) is 12.2 Å². The zero-order valence-electron chi connectivity index (χ0n) is 17.8. The first-order valence-corrected chi connectivity index (χ1v) is 10.5. The Morgan fingerprint density at radius 1 is 1.33 bits per heavy atom. The van der Waals surface area contributed by atoms with Crippen molar-refractivity contribution in [1.82, 2.24) is 0 Å². The minimum Gasteiger partial charge on any atom is -0.462 e. The fourth-order valence-corrected chi connectivity index (χ4v) is 6.89. The fraction of sp³-hybridized carbons (Fsp3) is 0.826. The third kappa shape index (κ3) is 2.66. The second kappa shape index (κ2) is 6.43. The maximum absolute atomic E-state index is 13.3. The van der Waals surface area contributed by atoms with Gasteiger partial charge in [-0.05, 0) is 49.0 Å². The molecule has 0 aliphatic heterocycles. The van der Waals surface area contributed by atoms with Crippen LogP contribution >= 0.6 is 0 Å². The van der Waals surface area contributed by atoms with E-state index in [2.05, 4.69) is 41.2 Å². The molecule has 3 aliphatic rings. The predicted molar refractivity (Wildman–Crippen MR) is 105 cm³/mol. The second-order valence-corrected chi connectivity index (χ2v) is 10.2. The lowest BCUT2D eigenvalue weighted by Crippen LogP contribution is -2.63. The summed E-state index contributed by atoms with van der Waals surface area (Å²) in [4.78, 5) is 25.3. The molecule has 0 aromatic rings. The summed E-state index contributed by atoms with van der Waals surface area (Å²) < 4.78 is 5.93. The number of rotatable bonds is 2. The maximum Gasteiger partial charge on any atom is 0.302 e. The normalized spacial score (nSPS) is 50.0. The lowest BCUT2D eigenvalue weighted by molar-refractivity contribution is -0.209. The van der Waals surface area contributed by atoms with Crippen LogP contribution in [0.1, 0.15) is 73.6 Å². The molecule has 1 N–H and O–H groups in total. The molecule has 4 heteroatoms. The van der Waals surface area contributed by atoms with Crippen molar-refractivity contribution in [2.75, 3.05) is 0 Å². The van der Waals surface area contributed by atoms with Crippen molar-refractivity contribution in [1.29, 1.82) is 0 Å². The minimum absolute atomic E-state index is 0.0406. The highest BCUT2D eigenvalue weighted by Gasteiger charge is 2.68. The third-order valence-corrected chi connectivity index (χ3v) is 8.98. The molecule has 0 aromatic carbocycles. The average Bonchev–Trinajstić information content (AvgIpc) is 2.87. The summed E-state index contributed by atoms with van der Waals surface area (Å²) in [6, 6.07) is 0. The van der Waals surface area contributed by atoms with Crippen LogP contribution in [0.3, 0.4) is 0 Å². The van der Waals surface area contributed by atoms with E-state index in [0.29, 0.717) is 18.4 Å². The maximum atomic E-state index is 13.3. The van der Waals surface area contributed by atoms with Crippen LogP contribution in [0.5, 0.6) is 0 Å². The topological polar surface area (TPSA) is 63.6 Å². The molecule has 0 heterocycles. The van der Waals surface area contributed by atoms with E-state index < -0.39 is 11.5 Å². The van der Waals surface area contributed by atoms with Gasteiger partial charge in [-0.15, -0.1) is 0 Å². The third-order valence-electron chi connectivity index (χ3n) is 8.98. The second-order valence-electron chi connectivity index (χ2n) is 10.2. The zero-order valence-corrected chi connectivity index (χ0v) is 17.8. The van der Waals surface area contributed by atoms with Gasteiger partial charge >= 0.3 is 5.97 Å². The number of hydrogen-bond acceptors (Lipinski definition) is 4. The van der Waals surface area contributed by atoms with Crippen molar-refractivity contribution in [2.45, 2.75) is 85.9 Å². The molecule has 0 saturated heterocycles. The molecule has 3 aliphatic carbocycles. The number of carbonyl (C=O) groups excluding carboxylic acids is 2. The molecule has 0 aromatic heterocycles. The van der Waals surface area contributed by atoms with Crippen molar-refractivity contribution >= 4 is 11.8 Å². The Bertz CT molecular complexity index is 669. The average molecular weight is 377 g/mol. The number of esters is 1. The Kier molecular flexibility index (Phi) is 4.90. The van der Waals surface area contributed by atoms with Gasteiger partial charge in [-0.1, -0.05) is 41.2 Å². The first-order valence-electron chi connectivity index (χ1n) is 10.5. The van der Waals surface area contributed by atoms with E-state index >= 15 is 0 Å². The number of ether oxygens (including phenoxy) is 1. The van der Waals surface area contributed by atoms with E-state index in [9.17, 15) is 14.7 Å². The molecule has 152 valence electrons. The number of Topliss-reactive ketones (excluding diaryl/α,β-unsaturated/α-hetero) is 1. The summed E-state index contributed by atoms with van der Waals surface area (Å²) in [5, 5.41) is 11.5. The smallest absolute Gasteiger partial charge is 0.302 e. The van der Waals surface area contributed by atoms with Crippen LogP contribution in [-0.4, -0.2) is 29.1 Å². The van der Waals surface area contributed by atoms with Crippen LogP contribution < -0.4 is 0 Å². The van der Waals surface area contributed by atoms with Gasteiger partial charge in [0.15, 0.2) is 5.78 Å². The Morgan fingerprint density at radius 3 is 2.52 bits per heavy atom. The Morgan fingerprint density at radius 2 is 1.96 bits per heavy atom. The van der Waals surface area contributed by atoms with E-state index in [1.165, 1.54) is 6.92 Å². The van der Waals surface area contributed by atoms with Crippen molar-refractivity contribution in [3.63, 3.8) is 0 Å². The van der Waals surface area contributed by atoms with E-state index in [-0.39, 0.29) is 46.4 Å². The molecule has 3 saturated carbocycles. The van der Waals surface area contributed by atoms with Gasteiger partial charge in [0.1, 0.15) is 6.10 Å². The molecular formula is C23H36O4. The van der Waals surface area contributed by atoms with E-state index in [1.54, 1.807) is 0 Å². The van der Waals surface area contributed by atoms with Gasteiger partial charge in [0, 0.05) is 29.6 Å². The van der Waals surface area contributed by atoms with Crippen molar-refractivity contribution in [3.8, 4) is 0 Å². The number of aliphatic hydroxyl groups excluding tert-OH is 1. The van der Waals surface area contributed by atoms with Crippen molar-refractivity contribution in [2.24, 2.45) is 34.0 Å². The summed E-state index contributed by atoms with van der Waals surface area (Å²) in [6.45, 7) is 16.2. The van der Waals surface area contributed by atoms with Gasteiger partial charge in [-0.25, -0.2) is 0 Å².